The summed E-state index contributed by atoms with van der Waals surface area (Å²) in [5.41, 5.74) is 0.430. The Kier molecular flexibility index (Phi) is 6.04. The number of aliphatic carboxylic acids is 1. The average Bonchev–Trinajstić information content (AvgIpc) is 2.97. The van der Waals surface area contributed by atoms with Gasteiger partial charge in [-0.25, -0.2) is 0 Å². The van der Waals surface area contributed by atoms with Crippen LogP contribution in [0.25, 0.3) is 0 Å². The van der Waals surface area contributed by atoms with Crippen LogP contribution in [0.4, 0.5) is 0 Å². The molecular weight excluding hydrogens is 402 g/mol. The Labute approximate surface area is 181 Å². The standard InChI is InChI=1S/C23H39NO5S/c1-22-12-4-3-6-16(22)14-19(24-30(27,28)29)21-17-10-9-15(7-5-8-20(25)26)23(17,2)13-11-18(21)22/h15-19,21,24H,3-14H2,1-2H3,(H,25,26)(H,27,28,29)/t15-,16-,17-,18-,19?,21-,22-,23+/m0/s1. The molecule has 6 nitrogen and oxygen atoms in total. The van der Waals surface area contributed by atoms with E-state index in [0.717, 1.165) is 44.9 Å². The summed E-state index contributed by atoms with van der Waals surface area (Å²) < 4.78 is 36.0. The van der Waals surface area contributed by atoms with Crippen LogP contribution in [-0.2, 0) is 15.1 Å². The van der Waals surface area contributed by atoms with Gasteiger partial charge >= 0.3 is 16.3 Å². The lowest BCUT2D eigenvalue weighted by Crippen LogP contribution is -2.61. The third kappa shape index (κ3) is 3.95. The van der Waals surface area contributed by atoms with Crippen molar-refractivity contribution in [2.75, 3.05) is 0 Å². The van der Waals surface area contributed by atoms with Crippen molar-refractivity contribution in [1.82, 2.24) is 4.72 Å². The molecule has 4 aliphatic carbocycles. The van der Waals surface area contributed by atoms with Gasteiger partial charge in [-0.2, -0.15) is 13.1 Å². The second kappa shape index (κ2) is 8.04. The molecule has 4 rings (SSSR count). The Hall–Kier alpha value is -0.660. The molecule has 4 fully saturated rings. The maximum absolute atomic E-state index is 11.8. The molecule has 7 heteroatoms. The summed E-state index contributed by atoms with van der Waals surface area (Å²) in [6.07, 6.45) is 12.2. The van der Waals surface area contributed by atoms with Crippen LogP contribution in [0.5, 0.6) is 0 Å². The lowest BCUT2D eigenvalue weighted by atomic mass is 9.43. The fourth-order valence-electron chi connectivity index (χ4n) is 8.70. The largest absolute Gasteiger partial charge is 0.481 e. The summed E-state index contributed by atoms with van der Waals surface area (Å²) in [5.74, 6) is 1.56. The number of nitrogens with one attached hydrogen (secondary N) is 1. The third-order valence-corrected chi connectivity index (χ3v) is 10.7. The van der Waals surface area contributed by atoms with Crippen molar-refractivity contribution in [2.24, 2.45) is 40.4 Å². The third-order valence-electron chi connectivity index (χ3n) is 10.1. The van der Waals surface area contributed by atoms with Crippen molar-refractivity contribution >= 4 is 16.3 Å². The highest BCUT2D eigenvalue weighted by Crippen LogP contribution is 2.67. The SMILES string of the molecule is C[C@]12CCCC[C@H]1CC(NS(=O)(=O)O)[C@@H]1[C@@H]2CC[C@]2(C)[C@@H](CCCC(=O)O)CC[C@@H]12. The Bertz CT molecular complexity index is 770. The predicted octanol–water partition coefficient (Wildman–Crippen LogP) is 4.66. The highest BCUT2D eigenvalue weighted by atomic mass is 32.2. The zero-order valence-electron chi connectivity index (χ0n) is 18.5. The first-order valence-electron chi connectivity index (χ1n) is 12.0. The summed E-state index contributed by atoms with van der Waals surface area (Å²) in [6.45, 7) is 4.84. The summed E-state index contributed by atoms with van der Waals surface area (Å²) in [4.78, 5) is 11.0. The second-order valence-electron chi connectivity index (χ2n) is 11.3. The molecule has 0 aliphatic heterocycles. The first kappa shape index (κ1) is 22.5. The molecule has 0 saturated heterocycles. The van der Waals surface area contributed by atoms with Crippen molar-refractivity contribution in [3.05, 3.63) is 0 Å². The van der Waals surface area contributed by atoms with E-state index in [-0.39, 0.29) is 29.2 Å². The number of carboxylic acids is 1. The number of carboxylic acid groups (broad SMARTS) is 1. The molecule has 0 amide bonds. The minimum atomic E-state index is -4.23. The van der Waals surface area contributed by atoms with E-state index in [2.05, 4.69) is 18.6 Å². The zero-order chi connectivity index (χ0) is 21.7. The van der Waals surface area contributed by atoms with Crippen LogP contribution < -0.4 is 4.72 Å². The van der Waals surface area contributed by atoms with E-state index in [0.29, 0.717) is 23.7 Å². The van der Waals surface area contributed by atoms with Crippen molar-refractivity contribution in [2.45, 2.75) is 96.9 Å². The quantitative estimate of drug-likeness (QED) is 0.520. The Morgan fingerprint density at radius 3 is 2.47 bits per heavy atom. The molecule has 0 aromatic carbocycles. The van der Waals surface area contributed by atoms with Crippen LogP contribution in [0.2, 0.25) is 0 Å². The lowest BCUT2D eigenvalue weighted by molar-refractivity contribution is -0.137. The van der Waals surface area contributed by atoms with Gasteiger partial charge in [-0.1, -0.05) is 26.7 Å². The number of hydrogen-bond donors (Lipinski definition) is 3. The monoisotopic (exact) mass is 441 g/mol. The fourth-order valence-corrected chi connectivity index (χ4v) is 9.33. The maximum atomic E-state index is 11.8. The number of fused-ring (bicyclic) bond motifs is 5. The van der Waals surface area contributed by atoms with Gasteiger partial charge in [-0.15, -0.1) is 0 Å². The molecule has 0 bridgehead atoms. The fraction of sp³-hybridized carbons (Fsp3) is 0.957. The Morgan fingerprint density at radius 1 is 1.03 bits per heavy atom. The van der Waals surface area contributed by atoms with E-state index in [4.69, 9.17) is 5.11 Å². The van der Waals surface area contributed by atoms with Crippen LogP contribution >= 0.6 is 0 Å². The Balaban J connectivity index is 1.61. The molecule has 0 spiro atoms. The molecule has 0 aromatic heterocycles. The molecular formula is C23H39NO5S. The van der Waals surface area contributed by atoms with Gasteiger partial charge in [0.15, 0.2) is 0 Å². The first-order valence-corrected chi connectivity index (χ1v) is 13.4. The minimum Gasteiger partial charge on any atom is -0.481 e. The molecule has 172 valence electrons. The van der Waals surface area contributed by atoms with Gasteiger partial charge in [0, 0.05) is 12.5 Å². The van der Waals surface area contributed by atoms with Crippen molar-refractivity contribution in [3.63, 3.8) is 0 Å². The van der Waals surface area contributed by atoms with Crippen molar-refractivity contribution in [1.29, 1.82) is 0 Å². The molecule has 0 aromatic rings. The maximum Gasteiger partial charge on any atom is 0.333 e. The molecule has 4 aliphatic rings. The highest BCUT2D eigenvalue weighted by molar-refractivity contribution is 7.83. The predicted molar refractivity (Wildman–Crippen MR) is 115 cm³/mol. The van der Waals surface area contributed by atoms with Crippen LogP contribution in [0.15, 0.2) is 0 Å². The first-order chi connectivity index (χ1) is 14.0. The lowest BCUT2D eigenvalue weighted by Gasteiger charge is -2.62. The van der Waals surface area contributed by atoms with Gasteiger partial charge in [0.05, 0.1) is 0 Å². The van der Waals surface area contributed by atoms with E-state index in [1.807, 2.05) is 0 Å². The molecule has 4 saturated carbocycles. The average molecular weight is 442 g/mol. The molecule has 0 heterocycles. The number of hydrogen-bond acceptors (Lipinski definition) is 3. The number of rotatable bonds is 6. The van der Waals surface area contributed by atoms with Crippen LogP contribution in [0.3, 0.4) is 0 Å². The molecule has 1 unspecified atom stereocenters. The van der Waals surface area contributed by atoms with Gasteiger partial charge in [0.25, 0.3) is 0 Å². The van der Waals surface area contributed by atoms with Gasteiger partial charge < -0.3 is 5.11 Å². The Morgan fingerprint density at radius 2 is 1.77 bits per heavy atom. The van der Waals surface area contributed by atoms with Gasteiger partial charge in [0.2, 0.25) is 0 Å². The molecule has 3 N–H and O–H groups in total. The molecule has 30 heavy (non-hydrogen) atoms. The van der Waals surface area contributed by atoms with Crippen LogP contribution in [-0.4, -0.2) is 30.1 Å². The minimum absolute atomic E-state index is 0.149. The van der Waals surface area contributed by atoms with Crippen molar-refractivity contribution in [3.8, 4) is 0 Å². The highest BCUT2D eigenvalue weighted by Gasteiger charge is 2.62. The van der Waals surface area contributed by atoms with Crippen molar-refractivity contribution < 1.29 is 22.9 Å². The molecule has 8 atom stereocenters. The van der Waals surface area contributed by atoms with Gasteiger partial charge in [-0.3, -0.25) is 9.35 Å². The van der Waals surface area contributed by atoms with Gasteiger partial charge in [0.1, 0.15) is 0 Å². The summed E-state index contributed by atoms with van der Waals surface area (Å²) in [5, 5.41) is 9.03. The van der Waals surface area contributed by atoms with E-state index >= 15 is 0 Å². The second-order valence-corrected chi connectivity index (χ2v) is 12.5. The normalized spacial score (nSPS) is 46.0. The summed E-state index contributed by atoms with van der Waals surface area (Å²) >= 11 is 0. The van der Waals surface area contributed by atoms with E-state index in [1.165, 1.54) is 25.7 Å². The summed E-state index contributed by atoms with van der Waals surface area (Å²) in [7, 11) is -4.23. The topological polar surface area (TPSA) is 104 Å². The van der Waals surface area contributed by atoms with Crippen LogP contribution in [0, 0.1) is 40.4 Å². The number of carbonyl (C=O) groups is 1. The smallest absolute Gasteiger partial charge is 0.333 e. The van der Waals surface area contributed by atoms with E-state index < -0.39 is 16.3 Å². The van der Waals surface area contributed by atoms with Crippen LogP contribution in [0.1, 0.15) is 90.9 Å². The zero-order valence-corrected chi connectivity index (χ0v) is 19.3. The van der Waals surface area contributed by atoms with E-state index in [9.17, 15) is 17.8 Å². The molecule has 0 radical (unpaired) electrons. The van der Waals surface area contributed by atoms with E-state index in [1.54, 1.807) is 0 Å². The summed E-state index contributed by atoms with van der Waals surface area (Å²) in [6, 6.07) is -0.177. The van der Waals surface area contributed by atoms with Gasteiger partial charge in [-0.05, 0) is 98.2 Å².